The van der Waals surface area contributed by atoms with Crippen molar-refractivity contribution in [2.75, 3.05) is 26.2 Å². The first-order valence-electron chi connectivity index (χ1n) is 12.5. The van der Waals surface area contributed by atoms with Gasteiger partial charge in [-0.1, -0.05) is 44.2 Å². The van der Waals surface area contributed by atoms with Crippen LogP contribution in [0.3, 0.4) is 0 Å². The molecule has 35 heavy (non-hydrogen) atoms. The molecule has 7 nitrogen and oxygen atoms in total. The molecule has 184 valence electrons. The Morgan fingerprint density at radius 2 is 1.94 bits per heavy atom. The van der Waals surface area contributed by atoms with Gasteiger partial charge in [-0.2, -0.15) is 0 Å². The molecule has 7 heteroatoms. The molecule has 2 atom stereocenters. The largest absolute Gasteiger partial charge is 0.494 e. The average molecular weight is 475 g/mol. The molecule has 1 fully saturated rings. The molecule has 0 radical (unpaired) electrons. The van der Waals surface area contributed by atoms with Crippen molar-refractivity contribution in [3.8, 4) is 5.75 Å². The summed E-state index contributed by atoms with van der Waals surface area (Å²) in [6.07, 6.45) is 0.460. The van der Waals surface area contributed by atoms with E-state index in [2.05, 4.69) is 24.1 Å². The summed E-state index contributed by atoms with van der Waals surface area (Å²) in [5, 5.41) is 4.41. The SMILES string of the molecule is CCOc1ccc2[nH]c3c(c2c1)C[C@@]1(C)C(=O)N(CCNCC(C)C)C(=O)N1[C@@H]3c1ccccc1. The Balaban J connectivity index is 1.59. The van der Waals surface area contributed by atoms with Crippen LogP contribution in [0.25, 0.3) is 10.9 Å². The maximum Gasteiger partial charge on any atom is 0.328 e. The lowest BCUT2D eigenvalue weighted by Crippen LogP contribution is -2.53. The number of imide groups is 1. The van der Waals surface area contributed by atoms with Crippen molar-refractivity contribution in [1.82, 2.24) is 20.1 Å². The minimum atomic E-state index is -0.959. The molecule has 2 aromatic carbocycles. The topological polar surface area (TPSA) is 77.7 Å². The zero-order valence-electron chi connectivity index (χ0n) is 20.9. The zero-order chi connectivity index (χ0) is 24.7. The lowest BCUT2D eigenvalue weighted by Gasteiger charge is -2.42. The number of benzene rings is 2. The van der Waals surface area contributed by atoms with E-state index in [-0.39, 0.29) is 18.0 Å². The third-order valence-corrected chi connectivity index (χ3v) is 7.13. The number of urea groups is 1. The van der Waals surface area contributed by atoms with Crippen LogP contribution >= 0.6 is 0 Å². The zero-order valence-corrected chi connectivity index (χ0v) is 20.9. The summed E-state index contributed by atoms with van der Waals surface area (Å²) >= 11 is 0. The highest BCUT2D eigenvalue weighted by Crippen LogP contribution is 2.48. The minimum Gasteiger partial charge on any atom is -0.494 e. The number of H-pyrrole nitrogens is 1. The second-order valence-corrected chi connectivity index (χ2v) is 10.1. The summed E-state index contributed by atoms with van der Waals surface area (Å²) in [7, 11) is 0. The number of nitrogens with zero attached hydrogens (tertiary/aromatic N) is 2. The fourth-order valence-electron chi connectivity index (χ4n) is 5.51. The molecule has 0 unspecified atom stereocenters. The number of carbonyl (C=O) groups is 2. The van der Waals surface area contributed by atoms with Gasteiger partial charge >= 0.3 is 6.03 Å². The number of aromatic amines is 1. The highest BCUT2D eigenvalue weighted by Gasteiger charge is 2.59. The summed E-state index contributed by atoms with van der Waals surface area (Å²) in [6, 6.07) is 15.4. The molecular weight excluding hydrogens is 440 g/mol. The van der Waals surface area contributed by atoms with Crippen LogP contribution in [0.1, 0.15) is 50.6 Å². The first-order chi connectivity index (χ1) is 16.8. The third kappa shape index (κ3) is 3.88. The quantitative estimate of drug-likeness (QED) is 0.373. The van der Waals surface area contributed by atoms with Gasteiger partial charge in [0.1, 0.15) is 17.3 Å². The number of rotatable bonds is 8. The predicted octanol–water partition coefficient (Wildman–Crippen LogP) is 4.48. The second-order valence-electron chi connectivity index (χ2n) is 10.1. The Morgan fingerprint density at radius 3 is 2.66 bits per heavy atom. The van der Waals surface area contributed by atoms with Gasteiger partial charge < -0.3 is 15.0 Å². The summed E-state index contributed by atoms with van der Waals surface area (Å²) in [4.78, 5) is 34.4. The highest BCUT2D eigenvalue weighted by molar-refractivity contribution is 6.08. The van der Waals surface area contributed by atoms with Gasteiger partial charge in [-0.15, -0.1) is 0 Å². The van der Waals surface area contributed by atoms with E-state index in [1.165, 1.54) is 4.90 Å². The van der Waals surface area contributed by atoms with Crippen LogP contribution in [0, 0.1) is 5.92 Å². The van der Waals surface area contributed by atoms with Crippen LogP contribution < -0.4 is 10.1 Å². The molecule has 3 aromatic rings. The molecule has 2 aliphatic heterocycles. The van der Waals surface area contributed by atoms with Crippen molar-refractivity contribution in [2.24, 2.45) is 5.92 Å². The van der Waals surface area contributed by atoms with Gasteiger partial charge in [0, 0.05) is 36.1 Å². The van der Waals surface area contributed by atoms with Crippen molar-refractivity contribution in [2.45, 2.75) is 45.7 Å². The Labute approximate surface area is 206 Å². The number of hydrogen-bond donors (Lipinski definition) is 2. The monoisotopic (exact) mass is 474 g/mol. The summed E-state index contributed by atoms with van der Waals surface area (Å²) in [5.41, 5.74) is 3.06. The van der Waals surface area contributed by atoms with Gasteiger partial charge in [0.25, 0.3) is 5.91 Å². The van der Waals surface area contributed by atoms with Gasteiger partial charge in [-0.3, -0.25) is 14.6 Å². The van der Waals surface area contributed by atoms with Gasteiger partial charge in [0.05, 0.1) is 6.61 Å². The van der Waals surface area contributed by atoms with Gasteiger partial charge in [-0.05, 0) is 55.6 Å². The molecule has 0 spiro atoms. The molecule has 3 amide bonds. The van der Waals surface area contributed by atoms with Gasteiger partial charge in [-0.25, -0.2) is 4.79 Å². The van der Waals surface area contributed by atoms with Crippen molar-refractivity contribution in [3.63, 3.8) is 0 Å². The molecule has 3 heterocycles. The third-order valence-electron chi connectivity index (χ3n) is 7.13. The molecule has 0 bridgehead atoms. The lowest BCUT2D eigenvalue weighted by atomic mass is 9.81. The fraction of sp³-hybridized carbons (Fsp3) is 0.429. The molecule has 2 N–H and O–H groups in total. The summed E-state index contributed by atoms with van der Waals surface area (Å²) < 4.78 is 5.76. The van der Waals surface area contributed by atoms with Crippen LogP contribution in [-0.2, 0) is 11.2 Å². The van der Waals surface area contributed by atoms with Gasteiger partial charge in [0.2, 0.25) is 0 Å². The smallest absolute Gasteiger partial charge is 0.328 e. The molecule has 1 saturated heterocycles. The molecule has 2 aliphatic rings. The molecule has 1 aromatic heterocycles. The normalized spacial score (nSPS) is 21.7. The number of nitrogens with one attached hydrogen (secondary N) is 2. The summed E-state index contributed by atoms with van der Waals surface area (Å²) in [6.45, 7) is 10.5. The fourth-order valence-corrected chi connectivity index (χ4v) is 5.51. The molecular formula is C28H34N4O3. The van der Waals surface area contributed by atoms with E-state index in [1.54, 1.807) is 4.90 Å². The average Bonchev–Trinajstić information content (AvgIpc) is 3.28. The summed E-state index contributed by atoms with van der Waals surface area (Å²) in [5.74, 6) is 1.18. The van der Waals surface area contributed by atoms with Gasteiger partial charge in [0.15, 0.2) is 0 Å². The Morgan fingerprint density at radius 1 is 1.17 bits per heavy atom. The number of ether oxygens (including phenoxy) is 1. The Bertz CT molecular complexity index is 1250. The second kappa shape index (κ2) is 9.04. The number of amides is 3. The van der Waals surface area contributed by atoms with Crippen molar-refractivity contribution >= 4 is 22.8 Å². The molecule has 0 saturated carbocycles. The predicted molar refractivity (Wildman–Crippen MR) is 137 cm³/mol. The van der Waals surface area contributed by atoms with Crippen molar-refractivity contribution in [1.29, 1.82) is 0 Å². The number of carbonyl (C=O) groups excluding carboxylic acids is 2. The van der Waals surface area contributed by atoms with Crippen molar-refractivity contribution in [3.05, 3.63) is 65.4 Å². The molecule has 0 aliphatic carbocycles. The van der Waals surface area contributed by atoms with Crippen LogP contribution in [0.2, 0.25) is 0 Å². The Kier molecular flexibility index (Phi) is 6.05. The Hall–Kier alpha value is -3.32. The van der Waals surface area contributed by atoms with E-state index < -0.39 is 5.54 Å². The number of hydrogen-bond acceptors (Lipinski definition) is 4. The van der Waals surface area contributed by atoms with Crippen LogP contribution in [-0.4, -0.2) is 58.5 Å². The molecule has 5 rings (SSSR count). The minimum absolute atomic E-state index is 0.129. The van der Waals surface area contributed by atoms with E-state index in [0.717, 1.165) is 40.0 Å². The first kappa shape index (κ1) is 23.4. The van der Waals surface area contributed by atoms with E-state index in [9.17, 15) is 9.59 Å². The number of fused-ring (bicyclic) bond motifs is 4. The standard InChI is InChI=1S/C28H34N4O3/c1-5-35-20-11-12-23-21(15-20)22-16-28(4)26(33)31(14-13-29-17-18(2)3)27(34)32(28)25(24(22)30-23)19-9-7-6-8-10-19/h6-12,15,18,25,29-30H,5,13-14,16-17H2,1-4H3/t25-,28+/m1/s1. The van der Waals surface area contributed by atoms with Crippen LogP contribution in [0.15, 0.2) is 48.5 Å². The van der Waals surface area contributed by atoms with E-state index in [0.29, 0.717) is 32.0 Å². The first-order valence-corrected chi connectivity index (χ1v) is 12.5. The maximum atomic E-state index is 13.8. The number of aromatic nitrogens is 1. The lowest BCUT2D eigenvalue weighted by molar-refractivity contribution is -0.133. The maximum absolute atomic E-state index is 13.8. The highest BCUT2D eigenvalue weighted by atomic mass is 16.5. The van der Waals surface area contributed by atoms with E-state index >= 15 is 0 Å². The van der Waals surface area contributed by atoms with Crippen LogP contribution in [0.5, 0.6) is 5.75 Å². The van der Waals surface area contributed by atoms with Crippen LogP contribution in [0.4, 0.5) is 4.79 Å². The van der Waals surface area contributed by atoms with E-state index in [4.69, 9.17) is 4.74 Å². The van der Waals surface area contributed by atoms with Crippen molar-refractivity contribution < 1.29 is 14.3 Å². The van der Waals surface area contributed by atoms with E-state index in [1.807, 2.05) is 62.4 Å².